The molecule has 0 bridgehead atoms. The van der Waals surface area contributed by atoms with E-state index >= 15 is 0 Å². The average Bonchev–Trinajstić information content (AvgIpc) is 3.20. The number of amides is 2. The molecular formula is C23H26N4O2S. The lowest BCUT2D eigenvalue weighted by atomic mass is 10.1. The number of piperazine rings is 1. The number of aromatic amines is 1. The van der Waals surface area contributed by atoms with E-state index < -0.39 is 0 Å². The first kappa shape index (κ1) is 20.5. The van der Waals surface area contributed by atoms with Gasteiger partial charge in [0, 0.05) is 43.4 Å². The lowest BCUT2D eigenvalue weighted by molar-refractivity contribution is -0.135. The number of benzene rings is 2. The molecular weight excluding hydrogens is 396 g/mol. The SMILES string of the molecule is CC(C)C(=O)N1CCN(C(=O)c2ccccc2CSc2nc3ccccc3[nH]2)CC1. The lowest BCUT2D eigenvalue weighted by Gasteiger charge is -2.36. The summed E-state index contributed by atoms with van der Waals surface area (Å²) in [6, 6.07) is 15.7. The van der Waals surface area contributed by atoms with Crippen LogP contribution in [0, 0.1) is 5.92 Å². The number of thioether (sulfide) groups is 1. The number of para-hydroxylation sites is 2. The van der Waals surface area contributed by atoms with Gasteiger partial charge in [0.2, 0.25) is 5.91 Å². The van der Waals surface area contributed by atoms with Crippen molar-refractivity contribution in [1.29, 1.82) is 0 Å². The third-order valence-corrected chi connectivity index (χ3v) is 6.27. The summed E-state index contributed by atoms with van der Waals surface area (Å²) in [4.78, 5) is 37.0. The van der Waals surface area contributed by atoms with Crippen molar-refractivity contribution in [2.24, 2.45) is 5.92 Å². The molecule has 1 aromatic heterocycles. The molecule has 30 heavy (non-hydrogen) atoms. The van der Waals surface area contributed by atoms with Gasteiger partial charge in [-0.1, -0.05) is 55.9 Å². The fourth-order valence-corrected chi connectivity index (χ4v) is 4.55. The van der Waals surface area contributed by atoms with Crippen LogP contribution in [-0.4, -0.2) is 57.8 Å². The number of carbonyl (C=O) groups is 2. The van der Waals surface area contributed by atoms with Crippen LogP contribution in [0.3, 0.4) is 0 Å². The summed E-state index contributed by atoms with van der Waals surface area (Å²) >= 11 is 1.59. The van der Waals surface area contributed by atoms with Crippen LogP contribution in [0.1, 0.15) is 29.8 Å². The fraction of sp³-hybridized carbons (Fsp3) is 0.348. The molecule has 2 amide bonds. The van der Waals surface area contributed by atoms with Crippen LogP contribution in [0.2, 0.25) is 0 Å². The second kappa shape index (κ2) is 8.92. The molecule has 1 saturated heterocycles. The standard InChI is InChI=1S/C23H26N4O2S/c1-16(2)21(28)26-11-13-27(14-12-26)22(29)18-8-4-3-7-17(18)15-30-23-24-19-9-5-6-10-20(19)25-23/h3-10,16H,11-15H2,1-2H3,(H,24,25). The molecule has 1 N–H and O–H groups in total. The molecule has 2 aromatic carbocycles. The van der Waals surface area contributed by atoms with E-state index in [1.165, 1.54) is 0 Å². The summed E-state index contributed by atoms with van der Waals surface area (Å²) in [6.07, 6.45) is 0. The zero-order valence-corrected chi connectivity index (χ0v) is 18.1. The number of rotatable bonds is 5. The van der Waals surface area contributed by atoms with E-state index in [9.17, 15) is 9.59 Å². The average molecular weight is 423 g/mol. The molecule has 1 aliphatic rings. The van der Waals surface area contributed by atoms with Crippen LogP contribution in [0.15, 0.2) is 53.7 Å². The van der Waals surface area contributed by atoms with Gasteiger partial charge in [0.15, 0.2) is 5.16 Å². The van der Waals surface area contributed by atoms with Gasteiger partial charge in [-0.25, -0.2) is 4.98 Å². The minimum absolute atomic E-state index is 0.0109. The van der Waals surface area contributed by atoms with Crippen molar-refractivity contribution in [2.75, 3.05) is 26.2 Å². The van der Waals surface area contributed by atoms with Gasteiger partial charge in [0.25, 0.3) is 5.91 Å². The van der Waals surface area contributed by atoms with Gasteiger partial charge in [-0.05, 0) is 23.8 Å². The molecule has 6 nitrogen and oxygen atoms in total. The van der Waals surface area contributed by atoms with Crippen molar-refractivity contribution in [1.82, 2.24) is 19.8 Å². The first-order valence-corrected chi connectivity index (χ1v) is 11.2. The molecule has 0 unspecified atom stereocenters. The number of H-pyrrole nitrogens is 1. The minimum Gasteiger partial charge on any atom is -0.339 e. The Labute approximate surface area is 180 Å². The Hall–Kier alpha value is -2.80. The quantitative estimate of drug-likeness (QED) is 0.635. The Kier molecular flexibility index (Phi) is 6.08. The van der Waals surface area contributed by atoms with Gasteiger partial charge < -0.3 is 14.8 Å². The maximum absolute atomic E-state index is 13.2. The largest absolute Gasteiger partial charge is 0.339 e. The van der Waals surface area contributed by atoms with Crippen molar-refractivity contribution in [3.63, 3.8) is 0 Å². The number of fused-ring (bicyclic) bond motifs is 1. The molecule has 4 rings (SSSR count). The molecule has 7 heteroatoms. The number of imidazole rings is 1. The maximum Gasteiger partial charge on any atom is 0.254 e. The van der Waals surface area contributed by atoms with E-state index in [4.69, 9.17) is 0 Å². The zero-order valence-electron chi connectivity index (χ0n) is 17.3. The molecule has 0 atom stereocenters. The van der Waals surface area contributed by atoms with E-state index in [1.54, 1.807) is 11.8 Å². The second-order valence-corrected chi connectivity index (χ2v) is 8.74. The van der Waals surface area contributed by atoms with E-state index in [0.29, 0.717) is 31.9 Å². The lowest BCUT2D eigenvalue weighted by Crippen LogP contribution is -2.51. The number of nitrogens with one attached hydrogen (secondary N) is 1. The first-order chi connectivity index (χ1) is 14.5. The Morgan fingerprint density at radius 2 is 1.67 bits per heavy atom. The number of hydrogen-bond donors (Lipinski definition) is 1. The monoisotopic (exact) mass is 422 g/mol. The molecule has 3 aromatic rings. The predicted octanol–water partition coefficient (Wildman–Crippen LogP) is 3.80. The first-order valence-electron chi connectivity index (χ1n) is 10.3. The second-order valence-electron chi connectivity index (χ2n) is 7.78. The number of nitrogens with zero attached hydrogens (tertiary/aromatic N) is 3. The summed E-state index contributed by atoms with van der Waals surface area (Å²) in [5.41, 5.74) is 3.68. The summed E-state index contributed by atoms with van der Waals surface area (Å²) < 4.78 is 0. The van der Waals surface area contributed by atoms with Crippen LogP contribution in [0.4, 0.5) is 0 Å². The summed E-state index contributed by atoms with van der Waals surface area (Å²) in [5.74, 6) is 0.841. The Bertz CT molecular complexity index is 1020. The van der Waals surface area contributed by atoms with Gasteiger partial charge in [-0.15, -0.1) is 0 Å². The highest BCUT2D eigenvalue weighted by Crippen LogP contribution is 2.25. The van der Waals surface area contributed by atoms with Crippen molar-refractivity contribution < 1.29 is 9.59 Å². The number of hydrogen-bond acceptors (Lipinski definition) is 4. The smallest absolute Gasteiger partial charge is 0.254 e. The normalized spacial score (nSPS) is 14.5. The molecule has 156 valence electrons. The molecule has 2 heterocycles. The maximum atomic E-state index is 13.2. The van der Waals surface area contributed by atoms with E-state index in [0.717, 1.165) is 27.3 Å². The van der Waals surface area contributed by atoms with Crippen LogP contribution in [0.5, 0.6) is 0 Å². The number of carbonyl (C=O) groups excluding carboxylic acids is 2. The number of aromatic nitrogens is 2. The zero-order chi connectivity index (χ0) is 21.1. The molecule has 0 saturated carbocycles. The topological polar surface area (TPSA) is 69.3 Å². The Balaban J connectivity index is 1.42. The minimum atomic E-state index is -0.0109. The van der Waals surface area contributed by atoms with E-state index in [-0.39, 0.29) is 17.7 Å². The summed E-state index contributed by atoms with van der Waals surface area (Å²) in [6.45, 7) is 6.16. The predicted molar refractivity (Wildman–Crippen MR) is 119 cm³/mol. The molecule has 0 spiro atoms. The highest BCUT2D eigenvalue weighted by atomic mass is 32.2. The van der Waals surface area contributed by atoms with Crippen LogP contribution >= 0.6 is 11.8 Å². The van der Waals surface area contributed by atoms with Crippen LogP contribution in [-0.2, 0) is 10.5 Å². The molecule has 1 fully saturated rings. The summed E-state index contributed by atoms with van der Waals surface area (Å²) in [7, 11) is 0. The highest BCUT2D eigenvalue weighted by molar-refractivity contribution is 7.98. The Morgan fingerprint density at radius 1 is 1.00 bits per heavy atom. The van der Waals surface area contributed by atoms with Crippen molar-refractivity contribution in [3.05, 3.63) is 59.7 Å². The van der Waals surface area contributed by atoms with Crippen molar-refractivity contribution in [3.8, 4) is 0 Å². The van der Waals surface area contributed by atoms with Crippen molar-refractivity contribution >= 4 is 34.6 Å². The fourth-order valence-electron chi connectivity index (χ4n) is 3.66. The van der Waals surface area contributed by atoms with Gasteiger partial charge in [-0.2, -0.15) is 0 Å². The van der Waals surface area contributed by atoms with Gasteiger partial charge in [0.1, 0.15) is 0 Å². The molecule has 1 aliphatic heterocycles. The third kappa shape index (κ3) is 4.36. The van der Waals surface area contributed by atoms with Gasteiger partial charge in [0.05, 0.1) is 11.0 Å². The molecule has 0 radical (unpaired) electrons. The Morgan fingerprint density at radius 3 is 2.40 bits per heavy atom. The highest BCUT2D eigenvalue weighted by Gasteiger charge is 2.26. The van der Waals surface area contributed by atoms with Gasteiger partial charge >= 0.3 is 0 Å². The van der Waals surface area contributed by atoms with Crippen molar-refractivity contribution in [2.45, 2.75) is 24.8 Å². The molecule has 0 aliphatic carbocycles. The van der Waals surface area contributed by atoms with E-state index in [1.807, 2.05) is 72.2 Å². The van der Waals surface area contributed by atoms with Crippen LogP contribution in [0.25, 0.3) is 11.0 Å². The third-order valence-electron chi connectivity index (χ3n) is 5.35. The van der Waals surface area contributed by atoms with Gasteiger partial charge in [-0.3, -0.25) is 9.59 Å². The summed E-state index contributed by atoms with van der Waals surface area (Å²) in [5, 5.41) is 0.847. The van der Waals surface area contributed by atoms with Crippen LogP contribution < -0.4 is 0 Å². The van der Waals surface area contributed by atoms with E-state index in [2.05, 4.69) is 9.97 Å².